The molecular formula is C15H29IO. The van der Waals surface area contributed by atoms with Crippen molar-refractivity contribution in [3.05, 3.63) is 0 Å². The van der Waals surface area contributed by atoms with E-state index >= 15 is 0 Å². The lowest BCUT2D eigenvalue weighted by molar-refractivity contribution is -0.0929. The van der Waals surface area contributed by atoms with Gasteiger partial charge >= 0.3 is 0 Å². The highest BCUT2D eigenvalue weighted by Crippen LogP contribution is 2.37. The van der Waals surface area contributed by atoms with Gasteiger partial charge in [-0.05, 0) is 31.6 Å². The smallest absolute Gasteiger partial charge is 0.0639 e. The quantitative estimate of drug-likeness (QED) is 0.362. The van der Waals surface area contributed by atoms with Gasteiger partial charge in [-0.15, -0.1) is 0 Å². The Labute approximate surface area is 121 Å². The lowest BCUT2D eigenvalue weighted by Gasteiger charge is -2.41. The second-order valence-electron chi connectivity index (χ2n) is 5.92. The van der Waals surface area contributed by atoms with Crippen LogP contribution in [-0.2, 0) is 4.74 Å². The minimum atomic E-state index is 0.455. The molecule has 1 fully saturated rings. The van der Waals surface area contributed by atoms with Gasteiger partial charge in [0.05, 0.1) is 12.2 Å². The molecule has 0 saturated carbocycles. The third kappa shape index (κ3) is 5.06. The summed E-state index contributed by atoms with van der Waals surface area (Å²) >= 11 is 2.66. The first kappa shape index (κ1) is 15.7. The van der Waals surface area contributed by atoms with Crippen molar-refractivity contribution in [2.75, 3.05) is 0 Å². The van der Waals surface area contributed by atoms with Gasteiger partial charge in [-0.1, -0.05) is 69.0 Å². The van der Waals surface area contributed by atoms with Gasteiger partial charge in [0.1, 0.15) is 0 Å². The molecule has 0 aromatic heterocycles. The maximum Gasteiger partial charge on any atom is 0.0639 e. The van der Waals surface area contributed by atoms with E-state index in [1.54, 1.807) is 0 Å². The van der Waals surface area contributed by atoms with Crippen molar-refractivity contribution in [3.8, 4) is 0 Å². The van der Waals surface area contributed by atoms with Gasteiger partial charge in [0.25, 0.3) is 0 Å². The molecule has 1 aliphatic heterocycles. The Hall–Kier alpha value is 0.690. The molecule has 1 nitrogen and oxygen atoms in total. The molecule has 102 valence electrons. The molecule has 0 amide bonds. The predicted molar refractivity (Wildman–Crippen MR) is 83.8 cm³/mol. The maximum atomic E-state index is 6.18. The second kappa shape index (κ2) is 7.98. The first-order chi connectivity index (χ1) is 8.06. The van der Waals surface area contributed by atoms with E-state index in [1.165, 1.54) is 38.5 Å². The summed E-state index contributed by atoms with van der Waals surface area (Å²) in [5.41, 5.74) is 0. The summed E-state index contributed by atoms with van der Waals surface area (Å²) in [6, 6.07) is 0. The van der Waals surface area contributed by atoms with Crippen molar-refractivity contribution in [2.45, 2.75) is 82.4 Å². The minimum absolute atomic E-state index is 0.455. The molecule has 0 N–H and O–H groups in total. The van der Waals surface area contributed by atoms with Crippen molar-refractivity contribution < 1.29 is 4.74 Å². The first-order valence-corrected chi connectivity index (χ1v) is 8.60. The van der Waals surface area contributed by atoms with Crippen LogP contribution >= 0.6 is 22.6 Å². The molecule has 1 heterocycles. The summed E-state index contributed by atoms with van der Waals surface area (Å²) in [6.07, 6.45) is 9.06. The average molecular weight is 352 g/mol. The lowest BCUT2D eigenvalue weighted by Crippen LogP contribution is -2.43. The largest absolute Gasteiger partial charge is 0.375 e. The number of alkyl halides is 1. The number of unbranched alkanes of at least 4 members (excludes halogenated alkanes) is 3. The zero-order valence-corrected chi connectivity index (χ0v) is 14.1. The van der Waals surface area contributed by atoms with E-state index in [-0.39, 0.29) is 0 Å². The molecule has 1 unspecified atom stereocenters. The third-order valence-electron chi connectivity index (χ3n) is 3.88. The van der Waals surface area contributed by atoms with Gasteiger partial charge in [-0.3, -0.25) is 0 Å². The summed E-state index contributed by atoms with van der Waals surface area (Å²) in [4.78, 5) is 0. The van der Waals surface area contributed by atoms with Crippen molar-refractivity contribution in [1.29, 1.82) is 0 Å². The van der Waals surface area contributed by atoms with Gasteiger partial charge in [0.2, 0.25) is 0 Å². The van der Waals surface area contributed by atoms with Gasteiger partial charge in [-0.2, -0.15) is 0 Å². The Morgan fingerprint density at radius 2 is 1.94 bits per heavy atom. The Bertz CT molecular complexity index is 205. The number of hydrogen-bond donors (Lipinski definition) is 0. The van der Waals surface area contributed by atoms with Gasteiger partial charge in [0, 0.05) is 3.92 Å². The van der Waals surface area contributed by atoms with Crippen LogP contribution in [0.15, 0.2) is 0 Å². The lowest BCUT2D eigenvalue weighted by atomic mass is 9.82. The van der Waals surface area contributed by atoms with Gasteiger partial charge in [0.15, 0.2) is 0 Å². The van der Waals surface area contributed by atoms with E-state index in [4.69, 9.17) is 4.74 Å². The Balaban J connectivity index is 2.46. The molecule has 17 heavy (non-hydrogen) atoms. The number of rotatable bonds is 6. The van der Waals surface area contributed by atoms with Crippen LogP contribution in [0.4, 0.5) is 0 Å². The Morgan fingerprint density at radius 1 is 1.24 bits per heavy atom. The molecule has 0 radical (unpaired) electrons. The molecule has 0 spiro atoms. The van der Waals surface area contributed by atoms with E-state index in [9.17, 15) is 0 Å². The molecular weight excluding hydrogens is 323 g/mol. The summed E-state index contributed by atoms with van der Waals surface area (Å²) in [7, 11) is 0. The average Bonchev–Trinajstić information content (AvgIpc) is 2.25. The molecule has 4 atom stereocenters. The molecule has 1 rings (SSSR count). The molecule has 0 aromatic carbocycles. The molecule has 2 heteroatoms. The normalized spacial score (nSPS) is 34.2. The maximum absolute atomic E-state index is 6.18. The first-order valence-electron chi connectivity index (χ1n) is 7.35. The van der Waals surface area contributed by atoms with Crippen LogP contribution in [0.5, 0.6) is 0 Å². The Kier molecular flexibility index (Phi) is 7.39. The standard InChI is InChI=1S/C15H29IO/c1-5-6-7-8-9-13-14(16)10-12(4)17-15(13)11(2)3/h11-15H,5-10H2,1-4H3/t12-,13?,14+,15+/m1/s1. The molecule has 0 aromatic rings. The van der Waals surface area contributed by atoms with Crippen LogP contribution in [0.1, 0.15) is 66.2 Å². The Morgan fingerprint density at radius 3 is 2.53 bits per heavy atom. The van der Waals surface area contributed by atoms with Gasteiger partial charge < -0.3 is 4.74 Å². The van der Waals surface area contributed by atoms with Crippen molar-refractivity contribution in [1.82, 2.24) is 0 Å². The topological polar surface area (TPSA) is 9.23 Å². The van der Waals surface area contributed by atoms with Crippen LogP contribution in [0.25, 0.3) is 0 Å². The fraction of sp³-hybridized carbons (Fsp3) is 1.00. The van der Waals surface area contributed by atoms with E-state index in [1.807, 2.05) is 0 Å². The molecule has 1 aliphatic rings. The fourth-order valence-corrected chi connectivity index (χ4v) is 4.41. The molecule has 0 aliphatic carbocycles. The zero-order chi connectivity index (χ0) is 12.8. The SMILES string of the molecule is CCCCCCC1[C@H](C(C)C)O[C@H](C)C[C@@H]1I. The summed E-state index contributed by atoms with van der Waals surface area (Å²) in [5.74, 6) is 1.44. The highest BCUT2D eigenvalue weighted by atomic mass is 127. The van der Waals surface area contributed by atoms with Crippen LogP contribution < -0.4 is 0 Å². The summed E-state index contributed by atoms with van der Waals surface area (Å²) < 4.78 is 6.99. The monoisotopic (exact) mass is 352 g/mol. The van der Waals surface area contributed by atoms with E-state index < -0.39 is 0 Å². The van der Waals surface area contributed by atoms with Crippen LogP contribution in [0.2, 0.25) is 0 Å². The number of ether oxygens (including phenoxy) is 1. The van der Waals surface area contributed by atoms with Crippen LogP contribution in [0, 0.1) is 11.8 Å². The van der Waals surface area contributed by atoms with Crippen molar-refractivity contribution >= 4 is 22.6 Å². The van der Waals surface area contributed by atoms with Crippen molar-refractivity contribution in [3.63, 3.8) is 0 Å². The zero-order valence-electron chi connectivity index (χ0n) is 11.9. The summed E-state index contributed by atoms with van der Waals surface area (Å²) in [6.45, 7) is 9.13. The highest BCUT2D eigenvalue weighted by Gasteiger charge is 2.36. The van der Waals surface area contributed by atoms with Crippen LogP contribution in [-0.4, -0.2) is 16.1 Å². The number of hydrogen-bond acceptors (Lipinski definition) is 1. The predicted octanol–water partition coefficient (Wildman–Crippen LogP) is 5.21. The minimum Gasteiger partial charge on any atom is -0.375 e. The van der Waals surface area contributed by atoms with E-state index in [0.29, 0.717) is 18.1 Å². The second-order valence-corrected chi connectivity index (χ2v) is 7.52. The van der Waals surface area contributed by atoms with Gasteiger partial charge in [-0.25, -0.2) is 0 Å². The van der Waals surface area contributed by atoms with E-state index in [2.05, 4.69) is 50.3 Å². The number of halogens is 1. The van der Waals surface area contributed by atoms with E-state index in [0.717, 1.165) is 9.84 Å². The van der Waals surface area contributed by atoms with Crippen molar-refractivity contribution in [2.24, 2.45) is 11.8 Å². The van der Waals surface area contributed by atoms with Crippen LogP contribution in [0.3, 0.4) is 0 Å². The third-order valence-corrected chi connectivity index (χ3v) is 5.31. The molecule has 0 bridgehead atoms. The fourth-order valence-electron chi connectivity index (χ4n) is 2.93. The molecule has 1 saturated heterocycles. The summed E-state index contributed by atoms with van der Waals surface area (Å²) in [5, 5.41) is 0. The highest BCUT2D eigenvalue weighted by molar-refractivity contribution is 14.1.